The number of cyclic esters (lactones) is 2. The summed E-state index contributed by atoms with van der Waals surface area (Å²) in [7, 11) is 4.28. The molecule has 6 N–H and O–H groups in total. The Kier molecular flexibility index (Phi) is 19.2. The monoisotopic (exact) mass is 1250 g/mol. The number of benzene rings is 2. The summed E-state index contributed by atoms with van der Waals surface area (Å²) in [5.41, 5.74) is 0.229. The minimum Gasteiger partial charge on any atom is -0.458 e. The van der Waals surface area contributed by atoms with Gasteiger partial charge in [-0.05, 0) is 106 Å². The Morgan fingerprint density at radius 3 is 1.69 bits per heavy atom. The highest BCUT2D eigenvalue weighted by atomic mass is 16.6. The molecule has 0 spiro atoms. The van der Waals surface area contributed by atoms with Gasteiger partial charge >= 0.3 is 11.9 Å². The van der Waals surface area contributed by atoms with Gasteiger partial charge in [-0.2, -0.15) is 0 Å². The van der Waals surface area contributed by atoms with Gasteiger partial charge in [-0.1, -0.05) is 26.8 Å². The molecule has 90 heavy (non-hydrogen) atoms. The minimum atomic E-state index is -1.88. The maximum absolute atomic E-state index is 15.2. The molecule has 28 heteroatoms. The predicted octanol–water partition coefficient (Wildman–Crippen LogP) is 0.766. The number of carbonyl (C=O) groups is 12. The second kappa shape index (κ2) is 25.6. The van der Waals surface area contributed by atoms with Gasteiger partial charge in [0.1, 0.15) is 58.7 Å². The highest BCUT2D eigenvalue weighted by Gasteiger charge is 2.53. The number of nitrogens with two attached hydrogens (primary N) is 1. The van der Waals surface area contributed by atoms with Crippen LogP contribution in [0.15, 0.2) is 21.3 Å². The van der Waals surface area contributed by atoms with Crippen LogP contribution in [-0.4, -0.2) is 218 Å². The number of nitrogens with zero attached hydrogens (tertiary/aromatic N) is 7. The first-order valence-corrected chi connectivity index (χ1v) is 30.5. The Morgan fingerprint density at radius 2 is 1.18 bits per heavy atom. The number of ether oxygens (including phenoxy) is 2. The molecule has 6 heterocycles. The van der Waals surface area contributed by atoms with Gasteiger partial charge in [0.25, 0.3) is 11.8 Å². The van der Waals surface area contributed by atoms with E-state index in [0.717, 1.165) is 4.90 Å². The summed E-state index contributed by atoms with van der Waals surface area (Å²) >= 11 is 0. The second-order valence-corrected chi connectivity index (χ2v) is 26.2. The Bertz CT molecular complexity index is 3510. The van der Waals surface area contributed by atoms with Gasteiger partial charge in [-0.15, -0.1) is 0 Å². The molecule has 0 aromatic heterocycles. The zero-order valence-electron chi connectivity index (χ0n) is 53.8. The quantitative estimate of drug-likeness (QED) is 0.134. The first-order chi connectivity index (χ1) is 42.0. The van der Waals surface area contributed by atoms with Crippen LogP contribution in [0.25, 0.3) is 22.6 Å². The molecule has 488 valence electrons. The van der Waals surface area contributed by atoms with Gasteiger partial charge in [0.05, 0.1) is 29.9 Å². The first kappa shape index (κ1) is 67.2. The van der Waals surface area contributed by atoms with Gasteiger partial charge in [-0.3, -0.25) is 52.7 Å². The fourth-order valence-electron chi connectivity index (χ4n) is 12.9. The number of nitrogens with one attached hydrogen (secondary N) is 4. The second-order valence-electron chi connectivity index (χ2n) is 26.2. The van der Waals surface area contributed by atoms with Gasteiger partial charge in [0.15, 0.2) is 11.3 Å². The van der Waals surface area contributed by atoms with Gasteiger partial charge in [0.2, 0.25) is 52.7 Å². The molecule has 28 nitrogen and oxygen atoms in total. The third kappa shape index (κ3) is 12.9. The molecule has 5 saturated heterocycles. The minimum absolute atomic E-state index is 0.0695. The maximum Gasteiger partial charge on any atom is 0.329 e. The number of hydrogen-bond acceptors (Lipinski definition) is 18. The van der Waals surface area contributed by atoms with E-state index in [1.165, 1.54) is 106 Å². The Labute approximate surface area is 521 Å². The fraction of sp³-hybridized carbons (Fsp3) is 0.613. The molecule has 6 aliphatic heterocycles. The smallest absolute Gasteiger partial charge is 0.329 e. The van der Waals surface area contributed by atoms with Gasteiger partial charge in [-0.25, -0.2) is 14.6 Å². The van der Waals surface area contributed by atoms with Crippen LogP contribution in [0.1, 0.15) is 140 Å². The predicted molar refractivity (Wildman–Crippen MR) is 323 cm³/mol. The number of amides is 10. The summed E-state index contributed by atoms with van der Waals surface area (Å²) in [6.45, 7) is 17.9. The molecule has 1 aliphatic carbocycles. The number of nitrogen functional groups attached to an aromatic ring is 1. The summed E-state index contributed by atoms with van der Waals surface area (Å²) in [6.07, 6.45) is -1.29. The lowest BCUT2D eigenvalue weighted by Crippen LogP contribution is -2.69. The lowest BCUT2D eigenvalue weighted by atomic mass is 9.81. The van der Waals surface area contributed by atoms with Crippen LogP contribution < -0.4 is 32.4 Å². The molecule has 0 bridgehead atoms. The highest BCUT2D eigenvalue weighted by molar-refractivity contribution is 6.10. The normalized spacial score (nSPS) is 28.0. The van der Waals surface area contributed by atoms with Crippen molar-refractivity contribution in [3.05, 3.63) is 44.6 Å². The SMILES string of the molecule is Cc1c2oc3c(C)ccc(C(=O)NC4C(=O)NC(C)(C)C(=O)N5CCCC5CC(=O)N(C)CC(=O)N5C(C)C(C)C5C(=O)OC4C)c3nc-2c(C(=O)NC2C(=O)NC(C)(C)C(=O)N3CCCC3CC(=O)N(C)CC(=O)N(C)C(C(C)C)C(=O)OC2C)c(N)c1=O. The van der Waals surface area contributed by atoms with Crippen molar-refractivity contribution >= 4 is 87.8 Å². The molecular formula is C62H84N12O16. The third-order valence-electron chi connectivity index (χ3n) is 18.4. The van der Waals surface area contributed by atoms with E-state index in [2.05, 4.69) is 21.3 Å². The molecular weight excluding hydrogens is 1170 g/mol. The number of carbonyl (C=O) groups excluding carboxylic acids is 12. The van der Waals surface area contributed by atoms with Crippen LogP contribution in [0.2, 0.25) is 0 Å². The van der Waals surface area contributed by atoms with E-state index < -0.39 is 177 Å². The summed E-state index contributed by atoms with van der Waals surface area (Å²) in [5, 5.41) is 10.6. The molecule has 8 rings (SSSR count). The first-order valence-electron chi connectivity index (χ1n) is 30.5. The molecule has 1 aromatic carbocycles. The molecule has 0 radical (unpaired) electrons. The van der Waals surface area contributed by atoms with Crippen molar-refractivity contribution in [2.75, 3.05) is 53.1 Å². The number of hydrogen-bond donors (Lipinski definition) is 5. The van der Waals surface area contributed by atoms with Crippen molar-refractivity contribution in [2.24, 2.45) is 11.8 Å². The number of anilines is 1. The molecule has 10 unspecified atom stereocenters. The van der Waals surface area contributed by atoms with E-state index in [1.807, 2.05) is 0 Å². The van der Waals surface area contributed by atoms with Crippen LogP contribution in [-0.2, 0) is 57.4 Å². The lowest BCUT2D eigenvalue weighted by Gasteiger charge is -2.51. The third-order valence-corrected chi connectivity index (χ3v) is 18.4. The summed E-state index contributed by atoms with van der Waals surface area (Å²) in [5.74, 6) is -10.5. The van der Waals surface area contributed by atoms with Crippen LogP contribution in [0.3, 0.4) is 0 Å². The topological polar surface area (TPSA) is 360 Å². The molecule has 5 fully saturated rings. The van der Waals surface area contributed by atoms with Crippen LogP contribution in [0.5, 0.6) is 0 Å². The van der Waals surface area contributed by atoms with E-state index in [4.69, 9.17) is 24.6 Å². The number of aryl methyl sites for hydroxylation is 1. The van der Waals surface area contributed by atoms with Gasteiger partial charge < -0.3 is 70.3 Å². The van der Waals surface area contributed by atoms with Crippen LogP contribution in [0, 0.1) is 25.7 Å². The van der Waals surface area contributed by atoms with Crippen molar-refractivity contribution in [1.82, 2.24) is 55.7 Å². The summed E-state index contributed by atoms with van der Waals surface area (Å²) in [4.78, 5) is 199. The molecule has 10 amide bonds. The fourth-order valence-corrected chi connectivity index (χ4v) is 12.9. The van der Waals surface area contributed by atoms with Crippen molar-refractivity contribution in [2.45, 2.75) is 187 Å². The van der Waals surface area contributed by atoms with E-state index in [1.54, 1.807) is 34.6 Å². The van der Waals surface area contributed by atoms with Crippen molar-refractivity contribution < 1.29 is 71.4 Å². The molecule has 7 aliphatic rings. The van der Waals surface area contributed by atoms with E-state index in [0.29, 0.717) is 31.2 Å². The summed E-state index contributed by atoms with van der Waals surface area (Å²) < 4.78 is 18.3. The number of rotatable bonds is 5. The Hall–Kier alpha value is -8.72. The molecule has 0 saturated carbocycles. The number of aromatic nitrogens is 1. The zero-order valence-corrected chi connectivity index (χ0v) is 53.8. The van der Waals surface area contributed by atoms with E-state index in [9.17, 15) is 52.7 Å². The molecule has 1 aromatic rings. The van der Waals surface area contributed by atoms with Crippen LogP contribution in [0.4, 0.5) is 5.69 Å². The largest absolute Gasteiger partial charge is 0.458 e. The Morgan fingerprint density at radius 1 is 0.689 bits per heavy atom. The average Bonchev–Trinajstić information content (AvgIpc) is 0.922. The van der Waals surface area contributed by atoms with Gasteiger partial charge in [0, 0.05) is 76.7 Å². The van der Waals surface area contributed by atoms with E-state index in [-0.39, 0.29) is 60.5 Å². The number of esters is 2. The van der Waals surface area contributed by atoms with Crippen LogP contribution >= 0.6 is 0 Å². The zero-order chi connectivity index (χ0) is 66.7. The number of fused-ring (bicyclic) bond motifs is 5. The maximum atomic E-state index is 15.2. The van der Waals surface area contributed by atoms with Crippen molar-refractivity contribution in [3.63, 3.8) is 0 Å². The molecule has 10 atom stereocenters. The standard InChI is InChI=1S/C62H84N12O16/c1-28(2)48-57(84)88-34(8)45(56(83)68-62(11,12)60(87)72-22-16-18-35(72)24-38(75)69(13)26-40(77)71(48)15)66-54(81)42-43(63)50(79)31(5)52-47(42)64-46-37(21-20-29(3)51(46)90-52)53(80)65-44-33(7)89-58(85)49-30(4)32(6)74(49)41(78)27-70(14)39(76)25-36-19-17-23-73(36)59(86)61(9,10)67-55(44)82/h20-21,28,30,32-36,44-45,48-49H,16-19,22-27,63H2,1-15H3,(H,65,80)(H,66,81)(H,67,82)(H,68,83). The van der Waals surface area contributed by atoms with E-state index >= 15 is 9.59 Å². The average molecular weight is 1250 g/mol. The van der Waals surface area contributed by atoms with Crippen molar-refractivity contribution in [3.8, 4) is 11.5 Å². The van der Waals surface area contributed by atoms with Crippen molar-refractivity contribution in [1.29, 1.82) is 0 Å². The number of likely N-dealkylation sites (N-methyl/N-ethyl adjacent to an activating group) is 3. The summed E-state index contributed by atoms with van der Waals surface area (Å²) in [6, 6.07) is -4.82. The Balaban J connectivity index is 1.18. The lowest BCUT2D eigenvalue weighted by molar-refractivity contribution is -0.179. The highest BCUT2D eigenvalue weighted by Crippen LogP contribution is 2.37.